The Balaban J connectivity index is 1.89. The summed E-state index contributed by atoms with van der Waals surface area (Å²) in [6.45, 7) is 0.295. The molecule has 2 amide bonds. The van der Waals surface area contributed by atoms with Crippen LogP contribution in [-0.4, -0.2) is 58.6 Å². The van der Waals surface area contributed by atoms with Crippen LogP contribution in [0.4, 0.5) is 0 Å². The SMILES string of the molecule is COC(=O)CNC(=O)c1ccc2c(c1)nc(C(CCCCN)NC(=O)CCC(=O)O)n2C1CC1. The van der Waals surface area contributed by atoms with E-state index in [4.69, 9.17) is 15.8 Å². The number of rotatable bonds is 13. The first kappa shape index (κ1) is 25.2. The van der Waals surface area contributed by atoms with Gasteiger partial charge in [-0.05, 0) is 56.8 Å². The molecule has 184 valence electrons. The molecule has 2 aromatic rings. The minimum Gasteiger partial charge on any atom is -0.481 e. The molecule has 1 aromatic heterocycles. The number of fused-ring (bicyclic) bond motifs is 1. The summed E-state index contributed by atoms with van der Waals surface area (Å²) in [5, 5.41) is 14.4. The van der Waals surface area contributed by atoms with Crippen molar-refractivity contribution in [2.24, 2.45) is 5.73 Å². The van der Waals surface area contributed by atoms with Crippen LogP contribution in [0.3, 0.4) is 0 Å². The molecule has 1 unspecified atom stereocenters. The molecule has 0 aliphatic heterocycles. The van der Waals surface area contributed by atoms with Gasteiger partial charge in [-0.15, -0.1) is 0 Å². The first-order valence-electron chi connectivity index (χ1n) is 11.4. The highest BCUT2D eigenvalue weighted by molar-refractivity contribution is 5.98. The fraction of sp³-hybridized carbons (Fsp3) is 0.522. The van der Waals surface area contributed by atoms with Gasteiger partial charge in [0.2, 0.25) is 5.91 Å². The third kappa shape index (κ3) is 6.53. The highest BCUT2D eigenvalue weighted by atomic mass is 16.5. The van der Waals surface area contributed by atoms with Gasteiger partial charge in [-0.1, -0.05) is 0 Å². The molecule has 5 N–H and O–H groups in total. The van der Waals surface area contributed by atoms with Crippen molar-refractivity contribution in [3.8, 4) is 0 Å². The van der Waals surface area contributed by atoms with Gasteiger partial charge >= 0.3 is 11.9 Å². The van der Waals surface area contributed by atoms with Crippen LogP contribution in [0.5, 0.6) is 0 Å². The Morgan fingerprint density at radius 1 is 1.24 bits per heavy atom. The number of carboxylic acids is 1. The van der Waals surface area contributed by atoms with E-state index in [1.807, 2.05) is 6.07 Å². The largest absolute Gasteiger partial charge is 0.481 e. The van der Waals surface area contributed by atoms with Crippen LogP contribution in [0.1, 0.15) is 73.2 Å². The molecule has 0 saturated heterocycles. The van der Waals surface area contributed by atoms with E-state index in [1.165, 1.54) is 7.11 Å². The standard InChI is InChI=1S/C23H31N5O6/c1-34-21(32)13-25-23(33)14-5-8-18-17(12-14)27-22(28(18)15-6-7-15)16(4-2-3-11-24)26-19(29)9-10-20(30)31/h5,8,12,15-16H,2-4,6-7,9-11,13,24H2,1H3,(H,25,33)(H,26,29)(H,30,31). The molecule has 3 rings (SSSR count). The second kappa shape index (κ2) is 11.6. The van der Waals surface area contributed by atoms with Crippen LogP contribution in [0.25, 0.3) is 11.0 Å². The number of hydrogen-bond acceptors (Lipinski definition) is 7. The first-order valence-corrected chi connectivity index (χ1v) is 11.4. The number of imidazole rings is 1. The summed E-state index contributed by atoms with van der Waals surface area (Å²) in [5.41, 5.74) is 7.46. The van der Waals surface area contributed by atoms with E-state index in [9.17, 15) is 19.2 Å². The van der Waals surface area contributed by atoms with Crippen molar-refractivity contribution in [1.29, 1.82) is 0 Å². The van der Waals surface area contributed by atoms with Crippen molar-refractivity contribution in [3.05, 3.63) is 29.6 Å². The molecule has 1 saturated carbocycles. The topological polar surface area (TPSA) is 166 Å². The lowest BCUT2D eigenvalue weighted by molar-refractivity contribution is -0.139. The van der Waals surface area contributed by atoms with Gasteiger partial charge in [0.15, 0.2) is 0 Å². The zero-order valence-electron chi connectivity index (χ0n) is 19.2. The molecule has 1 heterocycles. The summed E-state index contributed by atoms with van der Waals surface area (Å²) in [7, 11) is 1.25. The number of aromatic nitrogens is 2. The van der Waals surface area contributed by atoms with Gasteiger partial charge < -0.3 is 30.8 Å². The number of unbranched alkanes of at least 4 members (excludes halogenated alkanes) is 1. The van der Waals surface area contributed by atoms with Crippen LogP contribution in [0.2, 0.25) is 0 Å². The van der Waals surface area contributed by atoms with E-state index in [0.717, 1.165) is 31.2 Å². The van der Waals surface area contributed by atoms with Crippen molar-refractivity contribution < 1.29 is 29.0 Å². The van der Waals surface area contributed by atoms with Gasteiger partial charge in [0.1, 0.15) is 12.4 Å². The Bertz CT molecular complexity index is 1060. The fourth-order valence-corrected chi connectivity index (χ4v) is 3.79. The number of benzene rings is 1. The zero-order chi connectivity index (χ0) is 24.7. The number of esters is 1. The Hall–Kier alpha value is -3.47. The molecule has 34 heavy (non-hydrogen) atoms. The minimum atomic E-state index is -1.03. The number of carbonyl (C=O) groups excluding carboxylic acids is 3. The number of nitrogens with one attached hydrogen (secondary N) is 2. The van der Waals surface area contributed by atoms with E-state index in [0.29, 0.717) is 29.9 Å². The monoisotopic (exact) mass is 473 g/mol. The molecule has 1 aromatic carbocycles. The highest BCUT2D eigenvalue weighted by Crippen LogP contribution is 2.40. The van der Waals surface area contributed by atoms with E-state index in [1.54, 1.807) is 12.1 Å². The lowest BCUT2D eigenvalue weighted by Gasteiger charge is -2.20. The molecule has 11 heteroatoms. The van der Waals surface area contributed by atoms with Gasteiger partial charge in [0, 0.05) is 18.0 Å². The van der Waals surface area contributed by atoms with Crippen molar-refractivity contribution >= 4 is 34.8 Å². The van der Waals surface area contributed by atoms with Gasteiger partial charge in [0.05, 0.1) is 30.6 Å². The molecular weight excluding hydrogens is 442 g/mol. The maximum absolute atomic E-state index is 12.5. The van der Waals surface area contributed by atoms with Crippen LogP contribution in [0.15, 0.2) is 18.2 Å². The molecule has 11 nitrogen and oxygen atoms in total. The van der Waals surface area contributed by atoms with Crippen molar-refractivity contribution in [3.63, 3.8) is 0 Å². The van der Waals surface area contributed by atoms with E-state index in [-0.39, 0.29) is 31.3 Å². The maximum Gasteiger partial charge on any atom is 0.325 e. The van der Waals surface area contributed by atoms with Gasteiger partial charge in [-0.2, -0.15) is 0 Å². The van der Waals surface area contributed by atoms with Gasteiger partial charge in [0.25, 0.3) is 5.91 Å². The molecule has 0 radical (unpaired) electrons. The number of amides is 2. The van der Waals surface area contributed by atoms with Crippen molar-refractivity contribution in [1.82, 2.24) is 20.2 Å². The number of ether oxygens (including phenoxy) is 1. The summed E-state index contributed by atoms with van der Waals surface area (Å²) in [6.07, 6.45) is 3.79. The van der Waals surface area contributed by atoms with E-state index >= 15 is 0 Å². The number of nitrogens with two attached hydrogens (primary N) is 1. The number of hydrogen-bond donors (Lipinski definition) is 4. The third-order valence-electron chi connectivity index (χ3n) is 5.67. The second-order valence-corrected chi connectivity index (χ2v) is 8.33. The lowest BCUT2D eigenvalue weighted by Crippen LogP contribution is -2.31. The predicted octanol–water partition coefficient (Wildman–Crippen LogP) is 1.43. The number of nitrogens with zero attached hydrogens (tertiary/aromatic N) is 2. The average Bonchev–Trinajstić information content (AvgIpc) is 3.59. The number of methoxy groups -OCH3 is 1. The molecule has 1 atom stereocenters. The fourth-order valence-electron chi connectivity index (χ4n) is 3.79. The van der Waals surface area contributed by atoms with Crippen LogP contribution in [-0.2, 0) is 19.1 Å². The minimum absolute atomic E-state index is 0.114. The van der Waals surface area contributed by atoms with E-state index in [2.05, 4.69) is 19.9 Å². The molecule has 1 aliphatic carbocycles. The van der Waals surface area contributed by atoms with Crippen molar-refractivity contribution in [2.75, 3.05) is 20.2 Å². The summed E-state index contributed by atoms with van der Waals surface area (Å²) < 4.78 is 6.65. The Labute approximate surface area is 197 Å². The molecular formula is C23H31N5O6. The molecule has 1 aliphatic rings. The molecule has 0 spiro atoms. The first-order chi connectivity index (χ1) is 16.3. The summed E-state index contributed by atoms with van der Waals surface area (Å²) >= 11 is 0. The summed E-state index contributed by atoms with van der Waals surface area (Å²) in [4.78, 5) is 51.9. The highest BCUT2D eigenvalue weighted by Gasteiger charge is 2.32. The third-order valence-corrected chi connectivity index (χ3v) is 5.67. The predicted molar refractivity (Wildman–Crippen MR) is 123 cm³/mol. The average molecular weight is 474 g/mol. The second-order valence-electron chi connectivity index (χ2n) is 8.33. The molecule has 1 fully saturated rings. The summed E-state index contributed by atoms with van der Waals surface area (Å²) in [6, 6.07) is 5.01. The number of carbonyl (C=O) groups is 4. The zero-order valence-corrected chi connectivity index (χ0v) is 19.2. The Kier molecular flexibility index (Phi) is 8.58. The van der Waals surface area contributed by atoms with Crippen LogP contribution in [0, 0.1) is 0 Å². The Morgan fingerprint density at radius 2 is 2.00 bits per heavy atom. The van der Waals surface area contributed by atoms with Crippen LogP contribution >= 0.6 is 0 Å². The molecule has 0 bridgehead atoms. The van der Waals surface area contributed by atoms with Crippen molar-refractivity contribution in [2.45, 2.75) is 57.0 Å². The number of aliphatic carboxylic acids is 1. The summed E-state index contributed by atoms with van der Waals surface area (Å²) in [5.74, 6) is -1.66. The van der Waals surface area contributed by atoms with Gasteiger partial charge in [-0.3, -0.25) is 19.2 Å². The maximum atomic E-state index is 12.5. The Morgan fingerprint density at radius 3 is 2.65 bits per heavy atom. The smallest absolute Gasteiger partial charge is 0.325 e. The number of carboxylic acid groups (broad SMARTS) is 1. The quantitative estimate of drug-likeness (QED) is 0.250. The van der Waals surface area contributed by atoms with E-state index < -0.39 is 23.9 Å². The van der Waals surface area contributed by atoms with Gasteiger partial charge in [-0.25, -0.2) is 4.98 Å². The van der Waals surface area contributed by atoms with Crippen LogP contribution < -0.4 is 16.4 Å². The normalized spacial score (nSPS) is 13.9. The lowest BCUT2D eigenvalue weighted by atomic mass is 10.1.